The van der Waals surface area contributed by atoms with E-state index in [4.69, 9.17) is 0 Å². The summed E-state index contributed by atoms with van der Waals surface area (Å²) in [6, 6.07) is 13.6. The van der Waals surface area contributed by atoms with E-state index in [0.29, 0.717) is 11.8 Å². The molecule has 1 aliphatic carbocycles. The van der Waals surface area contributed by atoms with Gasteiger partial charge in [-0.25, -0.2) is 0 Å². The molecule has 2 aromatic carbocycles. The van der Waals surface area contributed by atoms with E-state index >= 15 is 0 Å². The van der Waals surface area contributed by atoms with Gasteiger partial charge in [0.15, 0.2) is 0 Å². The molecule has 0 amide bonds. The molecule has 0 radical (unpaired) electrons. The van der Waals surface area contributed by atoms with Crippen molar-refractivity contribution in [1.82, 2.24) is 0 Å². The van der Waals surface area contributed by atoms with Crippen molar-refractivity contribution < 1.29 is 0 Å². The second-order valence-corrected chi connectivity index (χ2v) is 6.25. The second-order valence-electron chi connectivity index (χ2n) is 6.25. The van der Waals surface area contributed by atoms with E-state index in [1.54, 1.807) is 0 Å². The second kappa shape index (κ2) is 4.52. The maximum Gasteiger partial charge on any atom is -0.00132 e. The third kappa shape index (κ3) is 1.90. The minimum Gasteiger partial charge on any atom is -0.0617 e. The van der Waals surface area contributed by atoms with Crippen LogP contribution in [0.25, 0.3) is 11.1 Å². The molecular formula is C19H22. The highest BCUT2D eigenvalue weighted by Crippen LogP contribution is 2.44. The van der Waals surface area contributed by atoms with E-state index in [1.165, 1.54) is 33.4 Å². The van der Waals surface area contributed by atoms with Gasteiger partial charge in [-0.15, -0.1) is 0 Å². The topological polar surface area (TPSA) is 0 Å². The van der Waals surface area contributed by atoms with Crippen molar-refractivity contribution in [1.29, 1.82) is 0 Å². The summed E-state index contributed by atoms with van der Waals surface area (Å²) in [5.74, 6) is 1.17. The van der Waals surface area contributed by atoms with Crippen molar-refractivity contribution >= 4 is 0 Å². The maximum atomic E-state index is 2.30. The molecule has 0 aliphatic heterocycles. The summed E-state index contributed by atoms with van der Waals surface area (Å²) in [5.41, 5.74) is 9.07. The van der Waals surface area contributed by atoms with Gasteiger partial charge in [0.05, 0.1) is 0 Å². The highest BCUT2D eigenvalue weighted by molar-refractivity contribution is 5.82. The van der Waals surface area contributed by atoms with Gasteiger partial charge >= 0.3 is 0 Å². The molecule has 98 valence electrons. The van der Waals surface area contributed by atoms with E-state index in [9.17, 15) is 0 Å². The van der Waals surface area contributed by atoms with E-state index in [1.807, 2.05) is 0 Å². The smallest absolute Gasteiger partial charge is 0.00132 e. The number of hydrogen-bond donors (Lipinski definition) is 0. The van der Waals surface area contributed by atoms with Crippen LogP contribution in [0.4, 0.5) is 0 Å². The van der Waals surface area contributed by atoms with Gasteiger partial charge in [0.25, 0.3) is 0 Å². The highest BCUT2D eigenvalue weighted by atomic mass is 14.3. The van der Waals surface area contributed by atoms with Crippen LogP contribution in [0.5, 0.6) is 0 Å². The lowest BCUT2D eigenvalue weighted by Crippen LogP contribution is -1.97. The molecule has 2 aromatic rings. The van der Waals surface area contributed by atoms with Crippen LogP contribution < -0.4 is 0 Å². The molecule has 0 saturated heterocycles. The third-order valence-electron chi connectivity index (χ3n) is 4.24. The van der Waals surface area contributed by atoms with E-state index in [2.05, 4.69) is 64.1 Å². The molecule has 0 heteroatoms. The Kier molecular flexibility index (Phi) is 2.97. The lowest BCUT2D eigenvalue weighted by atomic mass is 9.87. The summed E-state index contributed by atoms with van der Waals surface area (Å²) in [5, 5.41) is 0. The molecule has 3 rings (SSSR count). The third-order valence-corrected chi connectivity index (χ3v) is 4.24. The molecular weight excluding hydrogens is 228 g/mol. The Morgan fingerprint density at radius 3 is 1.47 bits per heavy atom. The molecule has 1 aliphatic rings. The first-order valence-corrected chi connectivity index (χ1v) is 7.33. The number of hydrogen-bond acceptors (Lipinski definition) is 0. The Hall–Kier alpha value is -1.56. The van der Waals surface area contributed by atoms with Crippen LogP contribution in [0.3, 0.4) is 0 Å². The number of fused-ring (bicyclic) bond motifs is 3. The van der Waals surface area contributed by atoms with Crippen LogP contribution in [-0.4, -0.2) is 0 Å². The Labute approximate surface area is 116 Å². The summed E-state index contributed by atoms with van der Waals surface area (Å²) < 4.78 is 0. The average Bonchev–Trinajstić information content (AvgIpc) is 2.76. The van der Waals surface area contributed by atoms with Crippen molar-refractivity contribution in [2.24, 2.45) is 0 Å². The lowest BCUT2D eigenvalue weighted by molar-refractivity contribution is 0.857. The standard InChI is InChI=1S/C19H22/c1-12(2)16-9-5-7-14-11-15-8-6-10-17(13(3)4)19(15)18(14)16/h5-10,12-13H,11H2,1-4H3. The van der Waals surface area contributed by atoms with Crippen LogP contribution in [-0.2, 0) is 6.42 Å². The van der Waals surface area contributed by atoms with Crippen molar-refractivity contribution in [2.45, 2.75) is 46.0 Å². The Bertz CT molecular complexity index is 562. The maximum absolute atomic E-state index is 2.30. The number of benzene rings is 2. The SMILES string of the molecule is CC(C)c1cccc2c1-c1c(cccc1C(C)C)C2. The van der Waals surface area contributed by atoms with Gasteiger partial charge in [-0.2, -0.15) is 0 Å². The first kappa shape index (κ1) is 12.5. The molecule has 0 fully saturated rings. The van der Waals surface area contributed by atoms with E-state index in [-0.39, 0.29) is 0 Å². The molecule has 0 atom stereocenters. The summed E-state index contributed by atoms with van der Waals surface area (Å²) in [6.07, 6.45) is 1.10. The van der Waals surface area contributed by atoms with Crippen LogP contribution in [0.2, 0.25) is 0 Å². The fourth-order valence-corrected chi connectivity index (χ4v) is 3.31. The van der Waals surface area contributed by atoms with Gasteiger partial charge in [-0.1, -0.05) is 64.1 Å². The van der Waals surface area contributed by atoms with E-state index < -0.39 is 0 Å². The fraction of sp³-hybridized carbons (Fsp3) is 0.368. The molecule has 0 heterocycles. The van der Waals surface area contributed by atoms with Gasteiger partial charge < -0.3 is 0 Å². The average molecular weight is 250 g/mol. The Morgan fingerprint density at radius 1 is 0.684 bits per heavy atom. The lowest BCUT2D eigenvalue weighted by Gasteiger charge is -2.17. The fourth-order valence-electron chi connectivity index (χ4n) is 3.31. The molecule has 0 unspecified atom stereocenters. The molecule has 0 saturated carbocycles. The minimum atomic E-state index is 0.584. The monoisotopic (exact) mass is 250 g/mol. The summed E-state index contributed by atoms with van der Waals surface area (Å²) >= 11 is 0. The van der Waals surface area contributed by atoms with Crippen LogP contribution >= 0.6 is 0 Å². The summed E-state index contributed by atoms with van der Waals surface area (Å²) in [6.45, 7) is 9.19. The van der Waals surface area contributed by atoms with Gasteiger partial charge in [0.2, 0.25) is 0 Å². The zero-order valence-electron chi connectivity index (χ0n) is 12.3. The van der Waals surface area contributed by atoms with Crippen molar-refractivity contribution in [3.05, 3.63) is 58.7 Å². The van der Waals surface area contributed by atoms with Crippen LogP contribution in [0, 0.1) is 0 Å². The van der Waals surface area contributed by atoms with Crippen molar-refractivity contribution in [2.75, 3.05) is 0 Å². The molecule has 0 bridgehead atoms. The zero-order chi connectivity index (χ0) is 13.6. The quantitative estimate of drug-likeness (QED) is 0.563. The van der Waals surface area contributed by atoms with Gasteiger partial charge in [0.1, 0.15) is 0 Å². The summed E-state index contributed by atoms with van der Waals surface area (Å²) in [7, 11) is 0. The van der Waals surface area contributed by atoms with E-state index in [0.717, 1.165) is 6.42 Å². The van der Waals surface area contributed by atoms with Gasteiger partial charge in [0, 0.05) is 0 Å². The normalized spacial score (nSPS) is 12.9. The molecule has 0 spiro atoms. The molecule has 0 nitrogen and oxygen atoms in total. The Morgan fingerprint density at radius 2 is 1.11 bits per heavy atom. The molecule has 0 N–H and O–H groups in total. The predicted octanol–water partition coefficient (Wildman–Crippen LogP) is 5.50. The van der Waals surface area contributed by atoms with Crippen LogP contribution in [0.15, 0.2) is 36.4 Å². The largest absolute Gasteiger partial charge is 0.0617 e. The number of rotatable bonds is 2. The summed E-state index contributed by atoms with van der Waals surface area (Å²) in [4.78, 5) is 0. The predicted molar refractivity (Wildman–Crippen MR) is 82.9 cm³/mol. The van der Waals surface area contributed by atoms with Crippen LogP contribution in [0.1, 0.15) is 61.8 Å². The van der Waals surface area contributed by atoms with Crippen molar-refractivity contribution in [3.8, 4) is 11.1 Å². The Balaban J connectivity index is 2.31. The first-order chi connectivity index (χ1) is 9.09. The first-order valence-electron chi connectivity index (χ1n) is 7.33. The van der Waals surface area contributed by atoms with Crippen molar-refractivity contribution in [3.63, 3.8) is 0 Å². The molecule has 19 heavy (non-hydrogen) atoms. The van der Waals surface area contributed by atoms with Gasteiger partial charge in [-0.05, 0) is 51.6 Å². The minimum absolute atomic E-state index is 0.584. The highest BCUT2D eigenvalue weighted by Gasteiger charge is 2.25. The zero-order valence-corrected chi connectivity index (χ0v) is 12.3. The molecule has 0 aromatic heterocycles. The van der Waals surface area contributed by atoms with Gasteiger partial charge in [-0.3, -0.25) is 0 Å².